The number of benzene rings is 2. The van der Waals surface area contributed by atoms with Gasteiger partial charge in [0.2, 0.25) is 0 Å². The molecule has 3 rings (SSSR count). The predicted octanol–water partition coefficient (Wildman–Crippen LogP) is 2.44. The molecule has 2 aromatic rings. The van der Waals surface area contributed by atoms with Crippen LogP contribution in [0.4, 0.5) is 0 Å². The van der Waals surface area contributed by atoms with Crippen molar-refractivity contribution in [3.05, 3.63) is 70.3 Å². The van der Waals surface area contributed by atoms with E-state index in [1.54, 1.807) is 0 Å². The Morgan fingerprint density at radius 2 is 1.87 bits per heavy atom. The Balaban J connectivity index is 1.67. The number of carbonyl (C=O) groups is 1. The van der Waals surface area contributed by atoms with Crippen molar-refractivity contribution in [3.8, 4) is 0 Å². The summed E-state index contributed by atoms with van der Waals surface area (Å²) in [5.74, 6) is -0.0746. The summed E-state index contributed by atoms with van der Waals surface area (Å²) in [5, 5.41) is 11.2. The molecule has 4 nitrogen and oxygen atoms in total. The number of carbonyl (C=O) groups excluding carboxylic acids is 1. The molecule has 0 bridgehead atoms. The maximum Gasteiger partial charge on any atom is 0.265 e. The summed E-state index contributed by atoms with van der Waals surface area (Å²) in [6.45, 7) is 3.61. The van der Waals surface area contributed by atoms with Gasteiger partial charge >= 0.3 is 0 Å². The van der Waals surface area contributed by atoms with Crippen LogP contribution >= 0.6 is 0 Å². The van der Waals surface area contributed by atoms with Gasteiger partial charge in [0.15, 0.2) is 0 Å². The Hall–Kier alpha value is -2.17. The number of fused-ring (bicyclic) bond motifs is 1. The van der Waals surface area contributed by atoms with E-state index in [-0.39, 0.29) is 12.5 Å². The fourth-order valence-electron chi connectivity index (χ4n) is 2.90. The molecule has 2 aromatic carbocycles. The maximum absolute atomic E-state index is 12.4. The van der Waals surface area contributed by atoms with Crippen molar-refractivity contribution in [1.82, 2.24) is 10.4 Å². The van der Waals surface area contributed by atoms with Crippen LogP contribution in [0.2, 0.25) is 0 Å². The van der Waals surface area contributed by atoms with Crippen LogP contribution in [0.3, 0.4) is 0 Å². The number of nitrogens with zero attached hydrogens (tertiary/aromatic N) is 1. The zero-order valence-electron chi connectivity index (χ0n) is 13.4. The van der Waals surface area contributed by atoms with E-state index in [0.29, 0.717) is 12.1 Å². The molecule has 0 saturated carbocycles. The van der Waals surface area contributed by atoms with E-state index in [1.807, 2.05) is 41.4 Å². The monoisotopic (exact) mass is 310 g/mol. The SMILES string of the molecule is CCc1ccc(C(=O)NN2CCc3ccc(CO)cc3C2)cc1. The lowest BCUT2D eigenvalue weighted by molar-refractivity contribution is 0.0763. The topological polar surface area (TPSA) is 52.6 Å². The molecule has 0 aliphatic carbocycles. The summed E-state index contributed by atoms with van der Waals surface area (Å²) < 4.78 is 0. The standard InChI is InChI=1S/C19H22N2O2/c1-2-14-3-7-17(8-4-14)19(23)20-21-10-9-16-6-5-15(13-22)11-18(16)12-21/h3-8,11,22H,2,9-10,12-13H2,1H3,(H,20,23). The number of aryl methyl sites for hydroxylation is 1. The first-order chi connectivity index (χ1) is 11.2. The molecular formula is C19H22N2O2. The molecule has 0 aromatic heterocycles. The van der Waals surface area contributed by atoms with Crippen LogP contribution in [-0.2, 0) is 26.0 Å². The summed E-state index contributed by atoms with van der Waals surface area (Å²) in [4.78, 5) is 12.4. The van der Waals surface area contributed by atoms with Crippen molar-refractivity contribution >= 4 is 5.91 Å². The van der Waals surface area contributed by atoms with Crippen LogP contribution < -0.4 is 5.43 Å². The second-order valence-corrected chi connectivity index (χ2v) is 5.92. The van der Waals surface area contributed by atoms with Gasteiger partial charge in [-0.3, -0.25) is 10.2 Å². The third-order valence-electron chi connectivity index (χ3n) is 4.35. The zero-order valence-corrected chi connectivity index (χ0v) is 13.4. The van der Waals surface area contributed by atoms with E-state index in [4.69, 9.17) is 0 Å². The Bertz CT molecular complexity index is 695. The Morgan fingerprint density at radius 1 is 1.13 bits per heavy atom. The van der Waals surface area contributed by atoms with Gasteiger partial charge < -0.3 is 5.11 Å². The minimum Gasteiger partial charge on any atom is -0.392 e. The minimum absolute atomic E-state index is 0.0451. The zero-order chi connectivity index (χ0) is 16.2. The molecule has 0 fully saturated rings. The molecule has 4 heteroatoms. The number of nitrogens with one attached hydrogen (secondary N) is 1. The first kappa shape index (κ1) is 15.7. The first-order valence-corrected chi connectivity index (χ1v) is 8.06. The molecule has 1 aliphatic rings. The highest BCUT2D eigenvalue weighted by molar-refractivity contribution is 5.93. The number of rotatable bonds is 4. The van der Waals surface area contributed by atoms with Gasteiger partial charge in [-0.25, -0.2) is 5.01 Å². The molecule has 2 N–H and O–H groups in total. The molecule has 0 saturated heterocycles. The van der Waals surface area contributed by atoms with Crippen LogP contribution in [0, 0.1) is 0 Å². The van der Waals surface area contributed by atoms with Gasteiger partial charge in [0.1, 0.15) is 0 Å². The van der Waals surface area contributed by atoms with Gasteiger partial charge in [0.05, 0.1) is 6.61 Å². The van der Waals surface area contributed by atoms with Crippen molar-refractivity contribution < 1.29 is 9.90 Å². The molecule has 0 atom stereocenters. The number of hydrogen-bond donors (Lipinski definition) is 2. The van der Waals surface area contributed by atoms with Crippen LogP contribution in [0.15, 0.2) is 42.5 Å². The van der Waals surface area contributed by atoms with Gasteiger partial charge in [-0.05, 0) is 47.2 Å². The lowest BCUT2D eigenvalue weighted by Gasteiger charge is -2.29. The van der Waals surface area contributed by atoms with E-state index >= 15 is 0 Å². The number of aliphatic hydroxyl groups is 1. The fourth-order valence-corrected chi connectivity index (χ4v) is 2.90. The van der Waals surface area contributed by atoms with E-state index < -0.39 is 0 Å². The summed E-state index contributed by atoms with van der Waals surface area (Å²) in [6, 6.07) is 13.8. The minimum atomic E-state index is -0.0746. The van der Waals surface area contributed by atoms with E-state index in [0.717, 1.165) is 24.9 Å². The lowest BCUT2D eigenvalue weighted by Crippen LogP contribution is -2.44. The first-order valence-electron chi connectivity index (χ1n) is 8.06. The quantitative estimate of drug-likeness (QED) is 0.912. The average Bonchev–Trinajstić information content (AvgIpc) is 2.61. The Morgan fingerprint density at radius 3 is 2.57 bits per heavy atom. The molecule has 0 spiro atoms. The van der Waals surface area contributed by atoms with Gasteiger partial charge in [-0.2, -0.15) is 0 Å². The lowest BCUT2D eigenvalue weighted by atomic mass is 9.98. The van der Waals surface area contributed by atoms with E-state index in [1.165, 1.54) is 16.7 Å². The van der Waals surface area contributed by atoms with Crippen molar-refractivity contribution in [2.75, 3.05) is 6.54 Å². The van der Waals surface area contributed by atoms with E-state index in [2.05, 4.69) is 18.4 Å². The van der Waals surface area contributed by atoms with Crippen LogP contribution in [0.5, 0.6) is 0 Å². The summed E-state index contributed by atoms with van der Waals surface area (Å²) in [6.07, 6.45) is 1.87. The van der Waals surface area contributed by atoms with Crippen molar-refractivity contribution in [2.45, 2.75) is 32.9 Å². The number of hydrogen-bond acceptors (Lipinski definition) is 3. The predicted molar refractivity (Wildman–Crippen MR) is 89.8 cm³/mol. The highest BCUT2D eigenvalue weighted by Gasteiger charge is 2.18. The largest absolute Gasteiger partial charge is 0.392 e. The Kier molecular flexibility index (Phi) is 4.74. The average molecular weight is 310 g/mol. The highest BCUT2D eigenvalue weighted by atomic mass is 16.3. The van der Waals surface area contributed by atoms with Crippen LogP contribution in [0.25, 0.3) is 0 Å². The van der Waals surface area contributed by atoms with Gasteiger partial charge in [-0.1, -0.05) is 37.3 Å². The summed E-state index contributed by atoms with van der Waals surface area (Å²) in [5.41, 5.74) is 8.26. The van der Waals surface area contributed by atoms with Crippen molar-refractivity contribution in [1.29, 1.82) is 0 Å². The smallest absolute Gasteiger partial charge is 0.265 e. The Labute approximate surface area is 136 Å². The molecule has 120 valence electrons. The maximum atomic E-state index is 12.4. The molecule has 1 heterocycles. The van der Waals surface area contributed by atoms with E-state index in [9.17, 15) is 9.90 Å². The highest BCUT2D eigenvalue weighted by Crippen LogP contribution is 2.19. The number of amides is 1. The molecule has 1 amide bonds. The third kappa shape index (κ3) is 3.60. The van der Waals surface area contributed by atoms with Crippen LogP contribution in [-0.4, -0.2) is 22.6 Å². The van der Waals surface area contributed by atoms with Crippen molar-refractivity contribution in [2.24, 2.45) is 0 Å². The number of aliphatic hydroxyl groups excluding tert-OH is 1. The molecule has 0 radical (unpaired) electrons. The van der Waals surface area contributed by atoms with Crippen molar-refractivity contribution in [3.63, 3.8) is 0 Å². The van der Waals surface area contributed by atoms with Gasteiger partial charge in [0, 0.05) is 18.7 Å². The molecule has 23 heavy (non-hydrogen) atoms. The molecule has 1 aliphatic heterocycles. The third-order valence-corrected chi connectivity index (χ3v) is 4.35. The normalized spacial score (nSPS) is 14.3. The summed E-state index contributed by atoms with van der Waals surface area (Å²) >= 11 is 0. The second kappa shape index (κ2) is 6.94. The molecular weight excluding hydrogens is 288 g/mol. The van der Waals surface area contributed by atoms with Gasteiger partial charge in [-0.15, -0.1) is 0 Å². The molecule has 0 unspecified atom stereocenters. The second-order valence-electron chi connectivity index (χ2n) is 5.92. The van der Waals surface area contributed by atoms with Crippen LogP contribution in [0.1, 0.15) is 39.5 Å². The summed E-state index contributed by atoms with van der Waals surface area (Å²) in [7, 11) is 0. The fraction of sp³-hybridized carbons (Fsp3) is 0.316. The van der Waals surface area contributed by atoms with Gasteiger partial charge in [0.25, 0.3) is 5.91 Å². The number of hydrazine groups is 1.